The van der Waals surface area contributed by atoms with Gasteiger partial charge < -0.3 is 16.0 Å². The number of anilines is 2. The van der Waals surface area contributed by atoms with E-state index in [1.807, 2.05) is 0 Å². The zero-order chi connectivity index (χ0) is 13.9. The van der Waals surface area contributed by atoms with Gasteiger partial charge >= 0.3 is 6.18 Å². The monoisotopic (exact) mass is 281 g/mol. The fourth-order valence-electron chi connectivity index (χ4n) is 1.19. The molecular weight excluding hydrogens is 267 g/mol. The van der Waals surface area contributed by atoms with E-state index in [1.165, 1.54) is 11.0 Å². The molecule has 1 aromatic heterocycles. The summed E-state index contributed by atoms with van der Waals surface area (Å²) in [5.74, 6) is -0.263. The Bertz CT molecular complexity index is 428. The van der Waals surface area contributed by atoms with Crippen LogP contribution in [-0.2, 0) is 0 Å². The van der Waals surface area contributed by atoms with Crippen molar-refractivity contribution in [3.63, 3.8) is 0 Å². The third kappa shape index (κ3) is 4.10. The van der Waals surface area contributed by atoms with Gasteiger partial charge in [0.25, 0.3) is 5.91 Å². The van der Waals surface area contributed by atoms with Crippen molar-refractivity contribution >= 4 is 27.9 Å². The molecule has 0 aromatic carbocycles. The topological polar surface area (TPSA) is 58.4 Å². The molecule has 1 rings (SSSR count). The first-order chi connectivity index (χ1) is 8.20. The number of nitrogens with zero attached hydrogens (tertiary/aromatic N) is 1. The minimum atomic E-state index is -4.20. The number of hydrogen-bond acceptors (Lipinski definition) is 4. The molecule has 0 saturated heterocycles. The van der Waals surface area contributed by atoms with Crippen molar-refractivity contribution in [3.8, 4) is 0 Å². The summed E-state index contributed by atoms with van der Waals surface area (Å²) in [5, 5.41) is 3.06. The molecule has 0 bridgehead atoms. The number of nitrogen functional groups attached to an aromatic ring is 1. The summed E-state index contributed by atoms with van der Waals surface area (Å²) < 4.78 is 35.9. The van der Waals surface area contributed by atoms with Gasteiger partial charge in [-0.25, -0.2) is 0 Å². The summed E-state index contributed by atoms with van der Waals surface area (Å²) in [6, 6.07) is 1.47. The molecule has 0 aliphatic carbocycles. The minimum absolute atomic E-state index is 0.237. The summed E-state index contributed by atoms with van der Waals surface area (Å²) in [7, 11) is 3.16. The first-order valence-electron chi connectivity index (χ1n) is 5.12. The van der Waals surface area contributed by atoms with Crippen molar-refractivity contribution in [1.82, 2.24) is 4.90 Å². The molecule has 18 heavy (non-hydrogen) atoms. The third-order valence-electron chi connectivity index (χ3n) is 2.07. The number of amides is 1. The zero-order valence-electron chi connectivity index (χ0n) is 9.97. The molecule has 0 spiro atoms. The van der Waals surface area contributed by atoms with Gasteiger partial charge in [0.1, 0.15) is 4.88 Å². The predicted octanol–water partition coefficient (Wildman–Crippen LogP) is 2.40. The Hall–Kier alpha value is -1.44. The van der Waals surface area contributed by atoms with E-state index in [0.29, 0.717) is 9.88 Å². The van der Waals surface area contributed by atoms with Gasteiger partial charge in [-0.3, -0.25) is 4.79 Å². The van der Waals surface area contributed by atoms with Gasteiger partial charge in [-0.2, -0.15) is 13.2 Å². The summed E-state index contributed by atoms with van der Waals surface area (Å²) >= 11 is 1.05. The lowest BCUT2D eigenvalue weighted by atomic mass is 10.3. The number of nitrogens with two attached hydrogens (primary N) is 1. The maximum absolute atomic E-state index is 12.0. The van der Waals surface area contributed by atoms with Gasteiger partial charge in [0.05, 0.1) is 17.1 Å². The average molecular weight is 281 g/mol. The molecule has 1 heterocycles. The van der Waals surface area contributed by atoms with Crippen LogP contribution in [-0.4, -0.2) is 37.6 Å². The predicted molar refractivity (Wildman–Crippen MR) is 65.9 cm³/mol. The normalized spacial score (nSPS) is 11.4. The lowest BCUT2D eigenvalue weighted by molar-refractivity contribution is -0.131. The van der Waals surface area contributed by atoms with E-state index in [1.54, 1.807) is 14.1 Å². The number of alkyl halides is 3. The number of thiophene rings is 1. The average Bonchev–Trinajstić information content (AvgIpc) is 2.56. The van der Waals surface area contributed by atoms with Crippen LogP contribution in [0.4, 0.5) is 23.9 Å². The van der Waals surface area contributed by atoms with E-state index < -0.39 is 12.6 Å². The Morgan fingerprint density at radius 1 is 1.50 bits per heavy atom. The van der Waals surface area contributed by atoms with Crippen LogP contribution in [0.3, 0.4) is 0 Å². The van der Waals surface area contributed by atoms with Gasteiger partial charge in [0, 0.05) is 20.6 Å². The van der Waals surface area contributed by atoms with Crippen molar-refractivity contribution in [1.29, 1.82) is 0 Å². The number of carbonyl (C=O) groups excluding carboxylic acids is 1. The highest BCUT2D eigenvalue weighted by Crippen LogP contribution is 2.30. The number of halogens is 3. The number of rotatable bonds is 4. The van der Waals surface area contributed by atoms with Crippen LogP contribution >= 0.6 is 11.3 Å². The Morgan fingerprint density at radius 3 is 2.61 bits per heavy atom. The highest BCUT2D eigenvalue weighted by atomic mass is 32.1. The molecule has 0 atom stereocenters. The molecule has 0 radical (unpaired) electrons. The van der Waals surface area contributed by atoms with Crippen molar-refractivity contribution in [2.45, 2.75) is 12.6 Å². The second-order valence-electron chi connectivity index (χ2n) is 3.89. The minimum Gasteiger partial charge on any atom is -0.397 e. The molecule has 0 aliphatic rings. The molecule has 1 aromatic rings. The molecule has 102 valence electrons. The van der Waals surface area contributed by atoms with Crippen molar-refractivity contribution in [2.24, 2.45) is 0 Å². The van der Waals surface area contributed by atoms with Crippen molar-refractivity contribution < 1.29 is 18.0 Å². The smallest absolute Gasteiger partial charge is 0.390 e. The van der Waals surface area contributed by atoms with Crippen LogP contribution in [0.5, 0.6) is 0 Å². The molecule has 8 heteroatoms. The summed E-state index contributed by atoms with van der Waals surface area (Å²) in [4.78, 5) is 13.4. The molecule has 3 N–H and O–H groups in total. The van der Waals surface area contributed by atoms with Crippen LogP contribution in [0.25, 0.3) is 0 Å². The number of hydrogen-bond donors (Lipinski definition) is 2. The Balaban J connectivity index is 2.65. The largest absolute Gasteiger partial charge is 0.397 e. The second kappa shape index (κ2) is 5.47. The number of nitrogens with one attached hydrogen (secondary N) is 1. The third-order valence-corrected chi connectivity index (χ3v) is 3.17. The molecular formula is C10H14F3N3OS. The van der Waals surface area contributed by atoms with Crippen LogP contribution in [0.1, 0.15) is 16.1 Å². The summed E-state index contributed by atoms with van der Waals surface area (Å²) in [5.41, 5.74) is 5.91. The maximum Gasteiger partial charge on any atom is 0.390 e. The van der Waals surface area contributed by atoms with E-state index in [9.17, 15) is 18.0 Å². The second-order valence-corrected chi connectivity index (χ2v) is 4.94. The SMILES string of the molecule is CN(C)C(=O)c1sc(NCCC(F)(F)F)cc1N. The van der Waals surface area contributed by atoms with Crippen LogP contribution in [0, 0.1) is 0 Å². The zero-order valence-corrected chi connectivity index (χ0v) is 10.8. The summed E-state index contributed by atoms with van der Waals surface area (Å²) in [6.07, 6.45) is -5.13. The Kier molecular flexibility index (Phi) is 4.44. The molecule has 1 amide bonds. The standard InChI is InChI=1S/C10H14F3N3OS/c1-16(2)9(17)8-6(14)5-7(18-8)15-4-3-10(11,12)13/h5,15H,3-4,14H2,1-2H3. The van der Waals surface area contributed by atoms with E-state index in [4.69, 9.17) is 5.73 Å². The fraction of sp³-hybridized carbons (Fsp3) is 0.500. The van der Waals surface area contributed by atoms with Gasteiger partial charge in [-0.05, 0) is 6.07 Å². The van der Waals surface area contributed by atoms with Crippen molar-refractivity contribution in [2.75, 3.05) is 31.7 Å². The molecule has 0 saturated carbocycles. The summed E-state index contributed by atoms with van der Waals surface area (Å²) in [6.45, 7) is -0.237. The highest BCUT2D eigenvalue weighted by molar-refractivity contribution is 7.18. The highest BCUT2D eigenvalue weighted by Gasteiger charge is 2.26. The van der Waals surface area contributed by atoms with Gasteiger partial charge in [-0.1, -0.05) is 0 Å². The van der Waals surface area contributed by atoms with E-state index in [2.05, 4.69) is 5.32 Å². The number of carbonyl (C=O) groups is 1. The van der Waals surface area contributed by atoms with Gasteiger partial charge in [0.15, 0.2) is 0 Å². The first kappa shape index (κ1) is 14.6. The first-order valence-corrected chi connectivity index (χ1v) is 5.94. The van der Waals surface area contributed by atoms with Crippen LogP contribution < -0.4 is 11.1 Å². The quantitative estimate of drug-likeness (QED) is 0.891. The lowest BCUT2D eigenvalue weighted by Crippen LogP contribution is -2.21. The molecule has 0 fully saturated rings. The van der Waals surface area contributed by atoms with E-state index >= 15 is 0 Å². The maximum atomic E-state index is 12.0. The molecule has 4 nitrogen and oxygen atoms in total. The van der Waals surface area contributed by atoms with E-state index in [-0.39, 0.29) is 18.1 Å². The fourth-order valence-corrected chi connectivity index (χ4v) is 2.22. The Labute approximate surface area is 107 Å². The lowest BCUT2D eigenvalue weighted by Gasteiger charge is -2.08. The molecule has 0 unspecified atom stereocenters. The van der Waals surface area contributed by atoms with E-state index in [0.717, 1.165) is 11.3 Å². The Morgan fingerprint density at radius 2 is 2.11 bits per heavy atom. The van der Waals surface area contributed by atoms with Crippen molar-refractivity contribution in [3.05, 3.63) is 10.9 Å². The molecule has 0 aliphatic heterocycles. The van der Waals surface area contributed by atoms with Crippen LogP contribution in [0.2, 0.25) is 0 Å². The van der Waals surface area contributed by atoms with Crippen LogP contribution in [0.15, 0.2) is 6.07 Å². The van der Waals surface area contributed by atoms with Gasteiger partial charge in [-0.15, -0.1) is 11.3 Å². The van der Waals surface area contributed by atoms with Gasteiger partial charge in [0.2, 0.25) is 0 Å².